The summed E-state index contributed by atoms with van der Waals surface area (Å²) in [7, 11) is 0. The standard InChI is InChI=1S/C24H36N2O3/c1-2-29-22-11-8-20(9-12-22)18-23(27)25-21-14-16-26(17-15-21)24(28)13-10-19-6-4-3-5-7-19/h8-9,11-12,19,21H,2-7,10,13-18H2,1H3,(H,25,27). The molecule has 0 atom stereocenters. The fourth-order valence-corrected chi connectivity index (χ4v) is 4.57. The molecule has 29 heavy (non-hydrogen) atoms. The minimum atomic E-state index is 0.0521. The molecule has 5 nitrogen and oxygen atoms in total. The van der Waals surface area contributed by atoms with E-state index in [0.29, 0.717) is 25.4 Å². The first kappa shape index (κ1) is 21.7. The Labute approximate surface area is 175 Å². The van der Waals surface area contributed by atoms with Crippen molar-refractivity contribution in [3.05, 3.63) is 29.8 Å². The van der Waals surface area contributed by atoms with Crippen molar-refractivity contribution in [3.63, 3.8) is 0 Å². The molecule has 1 aliphatic heterocycles. The lowest BCUT2D eigenvalue weighted by Gasteiger charge is -2.33. The highest BCUT2D eigenvalue weighted by Gasteiger charge is 2.24. The van der Waals surface area contributed by atoms with Crippen molar-refractivity contribution in [2.45, 2.75) is 77.2 Å². The highest BCUT2D eigenvalue weighted by atomic mass is 16.5. The Kier molecular flexibility index (Phi) is 8.38. The molecule has 1 saturated carbocycles. The van der Waals surface area contributed by atoms with Crippen LogP contribution < -0.4 is 10.1 Å². The van der Waals surface area contributed by atoms with Crippen LogP contribution in [-0.4, -0.2) is 42.5 Å². The predicted octanol–water partition coefficient (Wildman–Crippen LogP) is 4.10. The topological polar surface area (TPSA) is 58.6 Å². The van der Waals surface area contributed by atoms with Crippen molar-refractivity contribution < 1.29 is 14.3 Å². The Morgan fingerprint density at radius 1 is 1.03 bits per heavy atom. The molecule has 1 aliphatic carbocycles. The largest absolute Gasteiger partial charge is 0.494 e. The number of carbonyl (C=O) groups is 2. The third kappa shape index (κ3) is 7.06. The molecule has 1 N–H and O–H groups in total. The van der Waals surface area contributed by atoms with Crippen LogP contribution in [-0.2, 0) is 16.0 Å². The van der Waals surface area contributed by atoms with Crippen LogP contribution in [0, 0.1) is 5.92 Å². The Hall–Kier alpha value is -2.04. The predicted molar refractivity (Wildman–Crippen MR) is 115 cm³/mol. The fourth-order valence-electron chi connectivity index (χ4n) is 4.57. The second kappa shape index (κ2) is 11.2. The Morgan fingerprint density at radius 2 is 1.72 bits per heavy atom. The van der Waals surface area contributed by atoms with Gasteiger partial charge in [0, 0.05) is 25.6 Å². The van der Waals surface area contributed by atoms with E-state index >= 15 is 0 Å². The lowest BCUT2D eigenvalue weighted by molar-refractivity contribution is -0.132. The molecule has 0 radical (unpaired) electrons. The highest BCUT2D eigenvalue weighted by molar-refractivity contribution is 5.79. The number of nitrogens with one attached hydrogen (secondary N) is 1. The van der Waals surface area contributed by atoms with E-state index in [0.717, 1.165) is 49.6 Å². The number of rotatable bonds is 8. The molecule has 1 aromatic carbocycles. The molecule has 2 amide bonds. The molecule has 5 heteroatoms. The summed E-state index contributed by atoms with van der Waals surface area (Å²) in [5, 5.41) is 3.14. The molecule has 0 unspecified atom stereocenters. The van der Waals surface area contributed by atoms with Crippen molar-refractivity contribution in [3.8, 4) is 5.75 Å². The number of carbonyl (C=O) groups excluding carboxylic acids is 2. The van der Waals surface area contributed by atoms with Gasteiger partial charge >= 0.3 is 0 Å². The van der Waals surface area contributed by atoms with Gasteiger partial charge < -0.3 is 15.0 Å². The lowest BCUT2D eigenvalue weighted by atomic mass is 9.86. The van der Waals surface area contributed by atoms with Gasteiger partial charge in [0.2, 0.25) is 11.8 Å². The number of hydrogen-bond donors (Lipinski definition) is 1. The zero-order chi connectivity index (χ0) is 20.5. The molecular weight excluding hydrogens is 364 g/mol. The highest BCUT2D eigenvalue weighted by Crippen LogP contribution is 2.27. The molecule has 0 aromatic heterocycles. The van der Waals surface area contributed by atoms with E-state index in [1.807, 2.05) is 36.1 Å². The van der Waals surface area contributed by atoms with Crippen LogP contribution >= 0.6 is 0 Å². The first-order valence-corrected chi connectivity index (χ1v) is 11.4. The zero-order valence-electron chi connectivity index (χ0n) is 17.8. The number of ether oxygens (including phenoxy) is 1. The number of piperidine rings is 1. The van der Waals surface area contributed by atoms with Gasteiger partial charge in [-0.15, -0.1) is 0 Å². The number of hydrogen-bond acceptors (Lipinski definition) is 3. The Balaban J connectivity index is 1.34. The fraction of sp³-hybridized carbons (Fsp3) is 0.667. The van der Waals surface area contributed by atoms with Crippen molar-refractivity contribution >= 4 is 11.8 Å². The van der Waals surface area contributed by atoms with Crippen molar-refractivity contribution in [1.82, 2.24) is 10.2 Å². The maximum Gasteiger partial charge on any atom is 0.224 e. The number of benzene rings is 1. The Morgan fingerprint density at radius 3 is 2.38 bits per heavy atom. The molecule has 1 heterocycles. The number of likely N-dealkylation sites (tertiary alicyclic amines) is 1. The van der Waals surface area contributed by atoms with Crippen molar-refractivity contribution in [2.75, 3.05) is 19.7 Å². The SMILES string of the molecule is CCOc1ccc(CC(=O)NC2CCN(C(=O)CCC3CCCCC3)CC2)cc1. The van der Waals surface area contributed by atoms with Crippen molar-refractivity contribution in [1.29, 1.82) is 0 Å². The van der Waals surface area contributed by atoms with E-state index in [9.17, 15) is 9.59 Å². The van der Waals surface area contributed by atoms with Crippen LogP contribution in [0.5, 0.6) is 5.75 Å². The first-order chi connectivity index (χ1) is 14.1. The van der Waals surface area contributed by atoms with Gasteiger partial charge in [0.05, 0.1) is 13.0 Å². The van der Waals surface area contributed by atoms with Crippen LogP contribution in [0.4, 0.5) is 0 Å². The third-order valence-corrected chi connectivity index (χ3v) is 6.30. The average molecular weight is 401 g/mol. The van der Waals surface area contributed by atoms with E-state index < -0.39 is 0 Å². The summed E-state index contributed by atoms with van der Waals surface area (Å²) in [6.45, 7) is 4.12. The maximum atomic E-state index is 12.5. The minimum Gasteiger partial charge on any atom is -0.494 e. The summed E-state index contributed by atoms with van der Waals surface area (Å²) in [4.78, 5) is 26.9. The lowest BCUT2D eigenvalue weighted by Crippen LogP contribution is -2.46. The van der Waals surface area contributed by atoms with E-state index in [4.69, 9.17) is 4.74 Å². The Bertz CT molecular complexity index is 645. The number of amides is 2. The molecular formula is C24H36N2O3. The molecule has 1 saturated heterocycles. The van der Waals surface area contributed by atoms with Crippen LogP contribution in [0.2, 0.25) is 0 Å². The summed E-state index contributed by atoms with van der Waals surface area (Å²) in [6.07, 6.45) is 10.5. The summed E-state index contributed by atoms with van der Waals surface area (Å²) in [5.74, 6) is 1.94. The summed E-state index contributed by atoms with van der Waals surface area (Å²) < 4.78 is 5.44. The molecule has 1 aromatic rings. The normalized spacial score (nSPS) is 18.4. The average Bonchev–Trinajstić information content (AvgIpc) is 2.75. The van der Waals surface area contributed by atoms with Gasteiger partial charge in [0.15, 0.2) is 0 Å². The van der Waals surface area contributed by atoms with Crippen LogP contribution in [0.1, 0.15) is 70.3 Å². The van der Waals surface area contributed by atoms with Crippen molar-refractivity contribution in [2.24, 2.45) is 5.92 Å². The summed E-state index contributed by atoms with van der Waals surface area (Å²) in [6, 6.07) is 7.87. The molecule has 2 fully saturated rings. The second-order valence-electron chi connectivity index (χ2n) is 8.52. The summed E-state index contributed by atoms with van der Waals surface area (Å²) >= 11 is 0. The van der Waals surface area contributed by atoms with Gasteiger partial charge in [0.25, 0.3) is 0 Å². The van der Waals surface area contributed by atoms with Gasteiger partial charge in [-0.05, 0) is 49.8 Å². The van der Waals surface area contributed by atoms with Gasteiger partial charge in [-0.3, -0.25) is 9.59 Å². The van der Waals surface area contributed by atoms with Crippen LogP contribution in [0.25, 0.3) is 0 Å². The quantitative estimate of drug-likeness (QED) is 0.715. The second-order valence-corrected chi connectivity index (χ2v) is 8.52. The first-order valence-electron chi connectivity index (χ1n) is 11.4. The van der Waals surface area contributed by atoms with E-state index in [1.54, 1.807) is 0 Å². The molecule has 160 valence electrons. The number of nitrogens with zero attached hydrogens (tertiary/aromatic N) is 1. The maximum absolute atomic E-state index is 12.5. The van der Waals surface area contributed by atoms with Gasteiger partial charge in [-0.2, -0.15) is 0 Å². The monoisotopic (exact) mass is 400 g/mol. The van der Waals surface area contributed by atoms with E-state index in [2.05, 4.69) is 5.32 Å². The van der Waals surface area contributed by atoms with Gasteiger partial charge in [-0.25, -0.2) is 0 Å². The minimum absolute atomic E-state index is 0.0521. The van der Waals surface area contributed by atoms with E-state index in [-0.39, 0.29) is 11.9 Å². The molecule has 0 bridgehead atoms. The third-order valence-electron chi connectivity index (χ3n) is 6.30. The molecule has 3 rings (SSSR count). The van der Waals surface area contributed by atoms with E-state index in [1.165, 1.54) is 32.1 Å². The van der Waals surface area contributed by atoms with Gasteiger partial charge in [0.1, 0.15) is 5.75 Å². The zero-order valence-corrected chi connectivity index (χ0v) is 17.8. The summed E-state index contributed by atoms with van der Waals surface area (Å²) in [5.41, 5.74) is 0.987. The molecule has 2 aliphatic rings. The van der Waals surface area contributed by atoms with Crippen LogP contribution in [0.15, 0.2) is 24.3 Å². The van der Waals surface area contributed by atoms with Crippen LogP contribution in [0.3, 0.4) is 0 Å². The smallest absolute Gasteiger partial charge is 0.224 e. The van der Waals surface area contributed by atoms with Gasteiger partial charge in [-0.1, -0.05) is 44.2 Å². The molecule has 0 spiro atoms.